The van der Waals surface area contributed by atoms with Gasteiger partial charge in [0.2, 0.25) is 15.9 Å². The fourth-order valence-electron chi connectivity index (χ4n) is 3.61. The molecule has 1 aromatic heterocycles. The number of amides is 1. The van der Waals surface area contributed by atoms with Crippen molar-refractivity contribution in [1.82, 2.24) is 19.5 Å². The first-order chi connectivity index (χ1) is 11.4. The summed E-state index contributed by atoms with van der Waals surface area (Å²) in [5, 5.41) is 3.55. The van der Waals surface area contributed by atoms with Gasteiger partial charge in [-0.2, -0.15) is 4.31 Å². The number of nitrogens with zero attached hydrogens (tertiary/aromatic N) is 3. The van der Waals surface area contributed by atoms with Gasteiger partial charge in [-0.3, -0.25) is 9.78 Å². The number of halogens is 2. The summed E-state index contributed by atoms with van der Waals surface area (Å²) < 4.78 is 26.1. The maximum absolute atomic E-state index is 12.5. The van der Waals surface area contributed by atoms with Crippen LogP contribution in [-0.2, 0) is 14.8 Å². The standard InChI is InChI=1S/C16H24N4O3S.2ClH/c1-19(24(22,23)15-4-3-7-17-10-15)11-16(21)20(2)14-8-12-5-6-13(9-14)18-12;;/h3-4,7,10,12-14,18H,5-6,8-9,11H2,1-2H3;2*1H. The van der Waals surface area contributed by atoms with E-state index in [1.54, 1.807) is 18.0 Å². The first-order valence-corrected chi connectivity index (χ1v) is 9.70. The van der Waals surface area contributed by atoms with Gasteiger partial charge in [-0.1, -0.05) is 0 Å². The summed E-state index contributed by atoms with van der Waals surface area (Å²) >= 11 is 0. The van der Waals surface area contributed by atoms with E-state index in [2.05, 4.69) is 10.3 Å². The molecule has 0 aliphatic carbocycles. The van der Waals surface area contributed by atoms with E-state index >= 15 is 0 Å². The van der Waals surface area contributed by atoms with Gasteiger partial charge in [-0.25, -0.2) is 8.42 Å². The van der Waals surface area contributed by atoms with Crippen molar-refractivity contribution in [3.63, 3.8) is 0 Å². The smallest absolute Gasteiger partial charge is 0.244 e. The molecule has 1 aromatic rings. The minimum absolute atomic E-state index is 0. The summed E-state index contributed by atoms with van der Waals surface area (Å²) in [5.74, 6) is -0.170. The van der Waals surface area contributed by atoms with Gasteiger partial charge in [0.05, 0.1) is 6.54 Å². The molecular weight excluding hydrogens is 399 g/mol. The van der Waals surface area contributed by atoms with E-state index in [0.717, 1.165) is 17.1 Å². The largest absolute Gasteiger partial charge is 0.342 e. The Bertz CT molecular complexity index is 693. The molecule has 3 rings (SSSR count). The van der Waals surface area contributed by atoms with E-state index in [9.17, 15) is 13.2 Å². The quantitative estimate of drug-likeness (QED) is 0.769. The maximum Gasteiger partial charge on any atom is 0.244 e. The van der Waals surface area contributed by atoms with Crippen molar-refractivity contribution < 1.29 is 13.2 Å². The van der Waals surface area contributed by atoms with Gasteiger partial charge >= 0.3 is 0 Å². The molecule has 26 heavy (non-hydrogen) atoms. The Labute approximate surface area is 167 Å². The maximum atomic E-state index is 12.5. The Balaban J connectivity index is 0.00000169. The number of carbonyl (C=O) groups is 1. The van der Waals surface area contributed by atoms with Crippen LogP contribution in [0.1, 0.15) is 25.7 Å². The number of piperidine rings is 1. The fourth-order valence-corrected chi connectivity index (χ4v) is 4.70. The summed E-state index contributed by atoms with van der Waals surface area (Å²) in [6, 6.07) is 4.21. The van der Waals surface area contributed by atoms with Gasteiger partial charge in [0.1, 0.15) is 4.90 Å². The average molecular weight is 425 g/mol. The van der Waals surface area contributed by atoms with Gasteiger partial charge in [-0.05, 0) is 37.8 Å². The Morgan fingerprint density at radius 1 is 1.23 bits per heavy atom. The van der Waals surface area contributed by atoms with E-state index in [0.29, 0.717) is 12.1 Å². The van der Waals surface area contributed by atoms with Crippen molar-refractivity contribution in [1.29, 1.82) is 0 Å². The molecular formula is C16H26Cl2N4O3S. The number of likely N-dealkylation sites (N-methyl/N-ethyl adjacent to an activating group) is 2. The molecule has 148 valence electrons. The van der Waals surface area contributed by atoms with Crippen molar-refractivity contribution >= 4 is 40.7 Å². The molecule has 2 saturated heterocycles. The lowest BCUT2D eigenvalue weighted by molar-refractivity contribution is -0.132. The number of carbonyl (C=O) groups excluding carboxylic acids is 1. The van der Waals surface area contributed by atoms with Crippen LogP contribution < -0.4 is 5.32 Å². The molecule has 2 atom stereocenters. The summed E-state index contributed by atoms with van der Waals surface area (Å²) in [4.78, 5) is 18.2. The molecule has 2 aliphatic rings. The Morgan fingerprint density at radius 3 is 2.38 bits per heavy atom. The normalized spacial score (nSPS) is 24.5. The van der Waals surface area contributed by atoms with Crippen LogP contribution in [0.25, 0.3) is 0 Å². The first kappa shape index (κ1) is 23.1. The lowest BCUT2D eigenvalue weighted by Gasteiger charge is -2.36. The van der Waals surface area contributed by atoms with Gasteiger partial charge in [0.15, 0.2) is 0 Å². The predicted molar refractivity (Wildman–Crippen MR) is 104 cm³/mol. The highest BCUT2D eigenvalue weighted by Gasteiger charge is 2.37. The first-order valence-electron chi connectivity index (χ1n) is 8.26. The zero-order valence-corrected chi connectivity index (χ0v) is 17.3. The average Bonchev–Trinajstić information content (AvgIpc) is 2.92. The van der Waals surface area contributed by atoms with E-state index in [4.69, 9.17) is 0 Å². The molecule has 1 N–H and O–H groups in total. The molecule has 3 heterocycles. The lowest BCUT2D eigenvalue weighted by Crippen LogP contribution is -2.50. The zero-order valence-electron chi connectivity index (χ0n) is 14.9. The van der Waals surface area contributed by atoms with Gasteiger partial charge < -0.3 is 10.2 Å². The summed E-state index contributed by atoms with van der Waals surface area (Å²) in [6.07, 6.45) is 7.03. The third-order valence-electron chi connectivity index (χ3n) is 5.09. The van der Waals surface area contributed by atoms with Crippen LogP contribution >= 0.6 is 24.8 Å². The van der Waals surface area contributed by atoms with Crippen LogP contribution in [0.5, 0.6) is 0 Å². The van der Waals surface area contributed by atoms with Crippen LogP contribution in [0, 0.1) is 0 Å². The molecule has 0 saturated carbocycles. The zero-order chi connectivity index (χ0) is 17.3. The molecule has 0 aromatic carbocycles. The molecule has 2 bridgehead atoms. The lowest BCUT2D eigenvalue weighted by atomic mass is 9.98. The van der Waals surface area contributed by atoms with E-state index in [1.165, 1.54) is 38.3 Å². The van der Waals surface area contributed by atoms with E-state index in [-0.39, 0.29) is 48.2 Å². The van der Waals surface area contributed by atoms with Crippen LogP contribution in [0.4, 0.5) is 0 Å². The SMILES string of the molecule is CN(C(=O)CN(C)S(=O)(=O)c1cccnc1)C1CC2CCC(C1)N2.Cl.Cl. The Morgan fingerprint density at radius 2 is 1.85 bits per heavy atom. The Kier molecular flexibility index (Phi) is 8.29. The number of hydrogen-bond donors (Lipinski definition) is 1. The number of pyridine rings is 1. The number of aromatic nitrogens is 1. The third kappa shape index (κ3) is 4.86. The topological polar surface area (TPSA) is 82.6 Å². The fraction of sp³-hybridized carbons (Fsp3) is 0.625. The Hall–Kier alpha value is -0.930. The monoisotopic (exact) mass is 424 g/mol. The van der Waals surface area contributed by atoms with Crippen molar-refractivity contribution in [2.24, 2.45) is 0 Å². The summed E-state index contributed by atoms with van der Waals surface area (Å²) in [6.45, 7) is -0.160. The minimum atomic E-state index is -3.70. The highest BCUT2D eigenvalue weighted by atomic mass is 35.5. The summed E-state index contributed by atoms with van der Waals surface area (Å²) in [7, 11) is -0.486. The second-order valence-electron chi connectivity index (χ2n) is 6.72. The molecule has 2 unspecified atom stereocenters. The van der Waals surface area contributed by atoms with E-state index < -0.39 is 10.0 Å². The van der Waals surface area contributed by atoms with Crippen molar-refractivity contribution in [3.8, 4) is 0 Å². The van der Waals surface area contributed by atoms with Gasteiger partial charge in [-0.15, -0.1) is 24.8 Å². The van der Waals surface area contributed by atoms with Crippen molar-refractivity contribution in [3.05, 3.63) is 24.5 Å². The molecule has 2 fully saturated rings. The van der Waals surface area contributed by atoms with Crippen LogP contribution in [-0.4, -0.2) is 67.3 Å². The number of hydrogen-bond acceptors (Lipinski definition) is 5. The highest BCUT2D eigenvalue weighted by molar-refractivity contribution is 7.89. The predicted octanol–water partition coefficient (Wildman–Crippen LogP) is 1.29. The highest BCUT2D eigenvalue weighted by Crippen LogP contribution is 2.29. The number of rotatable bonds is 5. The van der Waals surface area contributed by atoms with Gasteiger partial charge in [0, 0.05) is 44.6 Å². The summed E-state index contributed by atoms with van der Waals surface area (Å²) in [5.41, 5.74) is 0. The van der Waals surface area contributed by atoms with Gasteiger partial charge in [0.25, 0.3) is 0 Å². The molecule has 10 heteroatoms. The van der Waals surface area contributed by atoms with Crippen molar-refractivity contribution in [2.45, 2.75) is 48.7 Å². The number of fused-ring (bicyclic) bond motifs is 2. The van der Waals surface area contributed by atoms with Crippen molar-refractivity contribution in [2.75, 3.05) is 20.6 Å². The molecule has 2 aliphatic heterocycles. The second kappa shape index (κ2) is 9.32. The number of sulfonamides is 1. The van der Waals surface area contributed by atoms with Crippen LogP contribution in [0.15, 0.2) is 29.4 Å². The van der Waals surface area contributed by atoms with Crippen LogP contribution in [0.2, 0.25) is 0 Å². The minimum Gasteiger partial charge on any atom is -0.342 e. The molecule has 0 radical (unpaired) electrons. The number of nitrogens with one attached hydrogen (secondary N) is 1. The van der Waals surface area contributed by atoms with E-state index in [1.807, 2.05) is 0 Å². The second-order valence-corrected chi connectivity index (χ2v) is 8.76. The van der Waals surface area contributed by atoms with Crippen LogP contribution in [0.3, 0.4) is 0 Å². The third-order valence-corrected chi connectivity index (χ3v) is 6.88. The molecule has 0 spiro atoms. The molecule has 1 amide bonds. The molecule has 7 nitrogen and oxygen atoms in total.